The summed E-state index contributed by atoms with van der Waals surface area (Å²) in [7, 11) is -4.02. The largest absolute Gasteiger partial charge is 0.355 e. The zero-order valence-electron chi connectivity index (χ0n) is 11.2. The lowest BCUT2D eigenvalue weighted by Gasteiger charge is -2.35. The van der Waals surface area contributed by atoms with E-state index in [4.69, 9.17) is 4.55 Å². The molecule has 110 valence electrons. The number of carbonyl (C=O) groups excluding carboxylic acids is 1. The minimum Gasteiger partial charge on any atom is -0.355 e. The molecular weight excluding hydrogens is 280 g/mol. The summed E-state index contributed by atoms with van der Waals surface area (Å²) in [6.07, 6.45) is 1.03. The molecule has 1 aromatic rings. The summed E-state index contributed by atoms with van der Waals surface area (Å²) in [5.74, 6) is 0.251. The molecule has 3 N–H and O–H groups in total. The van der Waals surface area contributed by atoms with E-state index in [1.807, 2.05) is 6.92 Å². The lowest BCUT2D eigenvalue weighted by molar-refractivity contribution is -0.129. The van der Waals surface area contributed by atoms with Crippen LogP contribution in [0, 0.1) is 12.3 Å². The van der Waals surface area contributed by atoms with Crippen molar-refractivity contribution in [3.63, 3.8) is 0 Å². The molecule has 1 spiro atoms. The second-order valence-corrected chi connectivity index (χ2v) is 6.60. The number of hydrogen-bond donors (Lipinski definition) is 3. The van der Waals surface area contributed by atoms with Crippen LogP contribution in [0.1, 0.15) is 12.0 Å². The smallest absolute Gasteiger partial charge is 0.294 e. The van der Waals surface area contributed by atoms with Crippen LogP contribution in [-0.4, -0.2) is 38.5 Å². The van der Waals surface area contributed by atoms with Crippen molar-refractivity contribution in [1.82, 2.24) is 10.6 Å². The van der Waals surface area contributed by atoms with E-state index in [0.717, 1.165) is 31.6 Å². The second-order valence-electron chi connectivity index (χ2n) is 5.18. The Bertz CT molecular complexity index is 591. The normalized spacial score (nSPS) is 19.8. The van der Waals surface area contributed by atoms with Crippen LogP contribution in [0.15, 0.2) is 29.2 Å². The molecule has 0 unspecified atom stereocenters. The molecule has 0 aliphatic carbocycles. The first-order chi connectivity index (χ1) is 9.33. The summed E-state index contributed by atoms with van der Waals surface area (Å²) in [5, 5.41) is 5.95. The number of carbonyl (C=O) groups is 1. The van der Waals surface area contributed by atoms with Gasteiger partial charge in [-0.25, -0.2) is 0 Å². The lowest BCUT2D eigenvalue weighted by Crippen LogP contribution is -2.57. The number of hydrogen-bond acceptors (Lipinski definition) is 4. The fourth-order valence-electron chi connectivity index (χ4n) is 2.19. The monoisotopic (exact) mass is 298 g/mol. The molecule has 0 radical (unpaired) electrons. The van der Waals surface area contributed by atoms with Crippen LogP contribution in [0.4, 0.5) is 0 Å². The molecule has 6 nitrogen and oxygen atoms in total. The van der Waals surface area contributed by atoms with Gasteiger partial charge in [-0.2, -0.15) is 8.42 Å². The first-order valence-corrected chi connectivity index (χ1v) is 7.81. The maximum absolute atomic E-state index is 11.0. The molecule has 2 heterocycles. The average Bonchev–Trinajstić information content (AvgIpc) is 2.71. The summed E-state index contributed by atoms with van der Waals surface area (Å²) in [6, 6.07) is 5.99. The summed E-state index contributed by atoms with van der Waals surface area (Å²) >= 11 is 0. The fraction of sp³-hybridized carbons (Fsp3) is 0.462. The first-order valence-electron chi connectivity index (χ1n) is 6.37. The molecule has 0 aromatic heterocycles. The number of aryl methyl sites for hydroxylation is 1. The molecule has 2 aliphatic heterocycles. The van der Waals surface area contributed by atoms with Crippen LogP contribution in [0.2, 0.25) is 0 Å². The third-order valence-electron chi connectivity index (χ3n) is 3.62. The highest BCUT2D eigenvalue weighted by Gasteiger charge is 2.46. The number of benzene rings is 1. The first kappa shape index (κ1) is 15.0. The Morgan fingerprint density at radius 3 is 2.10 bits per heavy atom. The third-order valence-corrected chi connectivity index (χ3v) is 4.48. The van der Waals surface area contributed by atoms with Crippen molar-refractivity contribution in [3.05, 3.63) is 29.8 Å². The molecular formula is C13H18N2O4S. The molecule has 2 saturated heterocycles. The Morgan fingerprint density at radius 2 is 1.80 bits per heavy atom. The molecule has 1 aromatic carbocycles. The number of amides is 1. The van der Waals surface area contributed by atoms with Gasteiger partial charge < -0.3 is 10.6 Å². The van der Waals surface area contributed by atoms with Crippen molar-refractivity contribution in [2.75, 3.05) is 19.6 Å². The maximum Gasteiger partial charge on any atom is 0.294 e. The minimum absolute atomic E-state index is 0.0139. The summed E-state index contributed by atoms with van der Waals surface area (Å²) in [6.45, 7) is 4.49. The molecule has 0 saturated carbocycles. The number of rotatable bonds is 1. The van der Waals surface area contributed by atoms with Gasteiger partial charge in [0.25, 0.3) is 10.1 Å². The Labute approximate surface area is 118 Å². The van der Waals surface area contributed by atoms with Crippen molar-refractivity contribution in [3.8, 4) is 0 Å². The molecule has 7 heteroatoms. The van der Waals surface area contributed by atoms with Gasteiger partial charge in [-0.1, -0.05) is 17.7 Å². The number of nitrogens with one attached hydrogen (secondary N) is 2. The van der Waals surface area contributed by atoms with E-state index in [0.29, 0.717) is 0 Å². The highest BCUT2D eigenvalue weighted by Crippen LogP contribution is 2.30. The van der Waals surface area contributed by atoms with Gasteiger partial charge in [0.15, 0.2) is 0 Å². The summed E-state index contributed by atoms with van der Waals surface area (Å²) < 4.78 is 29.6. The van der Waals surface area contributed by atoms with E-state index < -0.39 is 10.1 Å². The van der Waals surface area contributed by atoms with Crippen molar-refractivity contribution >= 4 is 16.0 Å². The predicted octanol–water partition coefficient (Wildman–Crippen LogP) is 0.338. The van der Waals surface area contributed by atoms with Crippen LogP contribution in [0.3, 0.4) is 0 Å². The van der Waals surface area contributed by atoms with Gasteiger partial charge in [-0.3, -0.25) is 9.35 Å². The van der Waals surface area contributed by atoms with Gasteiger partial charge in [0.2, 0.25) is 5.91 Å². The SMILES string of the molecule is Cc1ccc(S(=O)(=O)O)cc1.O=C1NCCC12CNC2. The van der Waals surface area contributed by atoms with Crippen LogP contribution < -0.4 is 10.6 Å². The molecule has 20 heavy (non-hydrogen) atoms. The van der Waals surface area contributed by atoms with Crippen molar-refractivity contribution in [1.29, 1.82) is 0 Å². The minimum atomic E-state index is -4.02. The van der Waals surface area contributed by atoms with E-state index in [9.17, 15) is 13.2 Å². The molecule has 2 fully saturated rings. The molecule has 0 bridgehead atoms. The summed E-state index contributed by atoms with van der Waals surface area (Å²) in [5.41, 5.74) is 0.970. The van der Waals surface area contributed by atoms with Gasteiger partial charge in [0.1, 0.15) is 0 Å². The van der Waals surface area contributed by atoms with E-state index in [1.165, 1.54) is 12.1 Å². The standard InChI is InChI=1S/C7H8O3S.C6H10N2O/c1-6-2-4-7(5-3-6)11(8,9)10;9-5-6(1-2-8-5)3-7-4-6/h2-5H,1H3,(H,8,9,10);7H,1-4H2,(H,8,9). The van der Waals surface area contributed by atoms with E-state index in [-0.39, 0.29) is 16.2 Å². The predicted molar refractivity (Wildman–Crippen MR) is 73.9 cm³/mol. The van der Waals surface area contributed by atoms with Crippen molar-refractivity contribution in [2.24, 2.45) is 5.41 Å². The van der Waals surface area contributed by atoms with Crippen molar-refractivity contribution in [2.45, 2.75) is 18.2 Å². The highest BCUT2D eigenvalue weighted by molar-refractivity contribution is 7.85. The third kappa shape index (κ3) is 3.17. The van der Waals surface area contributed by atoms with E-state index in [1.54, 1.807) is 12.1 Å². The zero-order valence-corrected chi connectivity index (χ0v) is 12.0. The highest BCUT2D eigenvalue weighted by atomic mass is 32.2. The van der Waals surface area contributed by atoms with Gasteiger partial charge in [-0.05, 0) is 25.5 Å². The Morgan fingerprint density at radius 1 is 1.20 bits per heavy atom. The molecule has 2 aliphatic rings. The Balaban J connectivity index is 0.000000149. The summed E-state index contributed by atoms with van der Waals surface area (Å²) in [4.78, 5) is 11.0. The molecule has 3 rings (SSSR count). The van der Waals surface area contributed by atoms with Crippen molar-refractivity contribution < 1.29 is 17.8 Å². The van der Waals surface area contributed by atoms with E-state index in [2.05, 4.69) is 10.6 Å². The van der Waals surface area contributed by atoms with Crippen LogP contribution >= 0.6 is 0 Å². The Hall–Kier alpha value is -1.44. The topological polar surface area (TPSA) is 95.5 Å². The molecule has 0 atom stereocenters. The van der Waals surface area contributed by atoms with Gasteiger partial charge in [0.05, 0.1) is 10.3 Å². The van der Waals surface area contributed by atoms with E-state index >= 15 is 0 Å². The van der Waals surface area contributed by atoms with Crippen LogP contribution in [0.5, 0.6) is 0 Å². The van der Waals surface area contributed by atoms with Crippen LogP contribution in [0.25, 0.3) is 0 Å². The molecule has 1 amide bonds. The lowest BCUT2D eigenvalue weighted by atomic mass is 9.80. The van der Waals surface area contributed by atoms with Gasteiger partial charge >= 0.3 is 0 Å². The fourth-order valence-corrected chi connectivity index (χ4v) is 2.67. The second kappa shape index (κ2) is 5.51. The zero-order chi connectivity index (χ0) is 14.8. The van der Waals surface area contributed by atoms with Crippen LogP contribution in [-0.2, 0) is 14.9 Å². The Kier molecular flexibility index (Phi) is 4.12. The quantitative estimate of drug-likeness (QED) is 0.650. The average molecular weight is 298 g/mol. The maximum atomic E-state index is 11.0. The van der Waals surface area contributed by atoms with Gasteiger partial charge in [0, 0.05) is 19.6 Å². The van der Waals surface area contributed by atoms with Gasteiger partial charge in [-0.15, -0.1) is 0 Å².